The lowest BCUT2D eigenvalue weighted by Gasteiger charge is -2.11. The van der Waals surface area contributed by atoms with Crippen molar-refractivity contribution in [3.05, 3.63) is 24.0 Å². The highest BCUT2D eigenvalue weighted by molar-refractivity contribution is 5.91. The number of carboxylic acid groups (broad SMARTS) is 1. The van der Waals surface area contributed by atoms with Crippen LogP contribution in [-0.4, -0.2) is 39.8 Å². The first kappa shape index (κ1) is 20.2. The molecule has 22 heavy (non-hydrogen) atoms. The summed E-state index contributed by atoms with van der Waals surface area (Å²) in [5.74, 6) is -2.15. The molecule has 0 unspecified atom stereocenters. The van der Waals surface area contributed by atoms with E-state index < -0.39 is 17.9 Å². The van der Waals surface area contributed by atoms with Gasteiger partial charge in [0.05, 0.1) is 0 Å². The van der Waals surface area contributed by atoms with Gasteiger partial charge in [-0.1, -0.05) is 38.7 Å². The van der Waals surface area contributed by atoms with Gasteiger partial charge in [0.2, 0.25) is 5.91 Å². The topological polar surface area (TPSA) is 107 Å². The quantitative estimate of drug-likeness (QED) is 0.191. The molecule has 0 aliphatic rings. The molecule has 1 amide bonds. The number of allylic oxidation sites excluding steroid dienone is 2. The van der Waals surface area contributed by atoms with Crippen LogP contribution in [0.2, 0.25) is 0 Å². The van der Waals surface area contributed by atoms with Crippen LogP contribution in [0.25, 0.3) is 0 Å². The number of unbranched alkanes of at least 4 members (excludes halogenated alkanes) is 5. The average Bonchev–Trinajstić information content (AvgIpc) is 2.45. The number of carbonyl (C=O) groups is 2. The Kier molecular flexibility index (Phi) is 11.8. The van der Waals surface area contributed by atoms with Gasteiger partial charge >= 0.3 is 5.97 Å². The lowest BCUT2D eigenvalue weighted by molar-refractivity contribution is -0.141. The van der Waals surface area contributed by atoms with Crippen molar-refractivity contribution >= 4 is 11.9 Å². The smallest absolute Gasteiger partial charge is 0.326 e. The Morgan fingerprint density at radius 3 is 2.41 bits per heavy atom. The van der Waals surface area contributed by atoms with Gasteiger partial charge in [-0.15, -0.1) is 0 Å². The summed E-state index contributed by atoms with van der Waals surface area (Å²) in [5.41, 5.74) is 0. The van der Waals surface area contributed by atoms with E-state index in [-0.39, 0.29) is 18.8 Å². The van der Waals surface area contributed by atoms with E-state index >= 15 is 0 Å². The van der Waals surface area contributed by atoms with Crippen molar-refractivity contribution in [1.82, 2.24) is 5.32 Å². The van der Waals surface area contributed by atoms with Crippen LogP contribution < -0.4 is 5.32 Å². The number of amides is 1. The minimum atomic E-state index is -1.22. The first-order valence-electron chi connectivity index (χ1n) is 7.72. The Morgan fingerprint density at radius 1 is 1.14 bits per heavy atom. The zero-order valence-corrected chi connectivity index (χ0v) is 13.1. The number of nitrogens with one attached hydrogen (secondary N) is 1. The number of rotatable bonds is 12. The molecular formula is C16H27NO5. The summed E-state index contributed by atoms with van der Waals surface area (Å²) in [4.78, 5) is 22.3. The van der Waals surface area contributed by atoms with Crippen LogP contribution in [-0.2, 0) is 9.59 Å². The minimum absolute atomic E-state index is 0.0801. The lowest BCUT2D eigenvalue weighted by Crippen LogP contribution is -2.40. The normalized spacial score (nSPS) is 13.3. The molecule has 0 aliphatic carbocycles. The van der Waals surface area contributed by atoms with Crippen molar-refractivity contribution < 1.29 is 24.9 Å². The van der Waals surface area contributed by atoms with Crippen LogP contribution in [0.3, 0.4) is 0 Å². The molecule has 126 valence electrons. The first-order valence-corrected chi connectivity index (χ1v) is 7.72. The van der Waals surface area contributed by atoms with E-state index in [1.807, 2.05) is 0 Å². The molecule has 4 N–H and O–H groups in total. The maximum Gasteiger partial charge on any atom is 0.326 e. The van der Waals surface area contributed by atoms with Crippen molar-refractivity contribution in [2.24, 2.45) is 0 Å². The highest BCUT2D eigenvalue weighted by atomic mass is 16.4. The molecule has 6 nitrogen and oxygen atoms in total. The van der Waals surface area contributed by atoms with Gasteiger partial charge in [0.1, 0.15) is 11.8 Å². The molecule has 0 rings (SSSR count). The number of aliphatic hydroxyl groups is 2. The number of hydrogen-bond acceptors (Lipinski definition) is 4. The van der Waals surface area contributed by atoms with Gasteiger partial charge in [-0.25, -0.2) is 4.79 Å². The third kappa shape index (κ3) is 10.9. The van der Waals surface area contributed by atoms with Gasteiger partial charge in [-0.2, -0.15) is 0 Å². The standard InChI is InChI=1S/C16H27NO5/c1-2-3-4-5-6-7-8-9-13(19)12-15(20)17-14(10-11-18)16(21)22/h8-9,12,14,18-19H,2-7,10-11H2,1H3,(H,17,20)(H,21,22)/t14-/m0/s1. The van der Waals surface area contributed by atoms with Gasteiger partial charge in [0.15, 0.2) is 0 Å². The summed E-state index contributed by atoms with van der Waals surface area (Å²) in [6.45, 7) is 1.81. The highest BCUT2D eigenvalue weighted by Gasteiger charge is 2.18. The van der Waals surface area contributed by atoms with Crippen LogP contribution in [0.1, 0.15) is 51.9 Å². The van der Waals surface area contributed by atoms with Crippen molar-refractivity contribution in [1.29, 1.82) is 0 Å². The second-order valence-corrected chi connectivity index (χ2v) is 5.09. The monoisotopic (exact) mass is 313 g/mol. The molecule has 0 saturated carbocycles. The average molecular weight is 313 g/mol. The Bertz CT molecular complexity index is 390. The molecule has 0 heterocycles. The predicted octanol–water partition coefficient (Wildman–Crippen LogP) is 2.30. The first-order chi connectivity index (χ1) is 10.5. The molecule has 0 aromatic rings. The van der Waals surface area contributed by atoms with Gasteiger partial charge < -0.3 is 20.6 Å². The molecule has 0 fully saturated rings. The van der Waals surface area contributed by atoms with Crippen molar-refractivity contribution in [3.63, 3.8) is 0 Å². The maximum atomic E-state index is 11.5. The summed E-state index contributed by atoms with van der Waals surface area (Å²) in [7, 11) is 0. The second-order valence-electron chi connectivity index (χ2n) is 5.09. The molecule has 0 aromatic carbocycles. The summed E-state index contributed by atoms with van der Waals surface area (Å²) in [6.07, 6.45) is 10.7. The SMILES string of the molecule is CCCCCCCC=CC(O)=CC(=O)N[C@@H](CCO)C(=O)O. The Morgan fingerprint density at radius 2 is 1.82 bits per heavy atom. The van der Waals surface area contributed by atoms with Crippen molar-refractivity contribution in [2.75, 3.05) is 6.61 Å². The second kappa shape index (κ2) is 12.9. The third-order valence-corrected chi connectivity index (χ3v) is 3.07. The zero-order chi connectivity index (χ0) is 16.8. The van der Waals surface area contributed by atoms with E-state index in [2.05, 4.69) is 12.2 Å². The van der Waals surface area contributed by atoms with Gasteiger partial charge in [-0.3, -0.25) is 4.79 Å². The van der Waals surface area contributed by atoms with Crippen molar-refractivity contribution in [2.45, 2.75) is 57.9 Å². The van der Waals surface area contributed by atoms with Crippen LogP contribution >= 0.6 is 0 Å². The summed E-state index contributed by atoms with van der Waals surface area (Å²) in [6, 6.07) is -1.16. The van der Waals surface area contributed by atoms with Crippen LogP contribution in [0.15, 0.2) is 24.0 Å². The molecular weight excluding hydrogens is 286 g/mol. The maximum absolute atomic E-state index is 11.5. The molecule has 0 bridgehead atoms. The fourth-order valence-corrected chi connectivity index (χ4v) is 1.85. The van der Waals surface area contributed by atoms with E-state index in [4.69, 9.17) is 10.2 Å². The Labute approximate surface area is 131 Å². The van der Waals surface area contributed by atoms with Gasteiger partial charge in [0.25, 0.3) is 0 Å². The molecule has 0 radical (unpaired) electrons. The molecule has 1 atom stereocenters. The largest absolute Gasteiger partial charge is 0.508 e. The summed E-state index contributed by atoms with van der Waals surface area (Å²) < 4.78 is 0. The number of aliphatic carboxylic acids is 1. The lowest BCUT2D eigenvalue weighted by atomic mass is 10.1. The van der Waals surface area contributed by atoms with Crippen molar-refractivity contribution in [3.8, 4) is 0 Å². The predicted molar refractivity (Wildman–Crippen MR) is 84.5 cm³/mol. The Hall–Kier alpha value is -1.82. The summed E-state index contributed by atoms with van der Waals surface area (Å²) >= 11 is 0. The van der Waals surface area contributed by atoms with E-state index in [1.54, 1.807) is 6.08 Å². The van der Waals surface area contributed by atoms with Gasteiger partial charge in [-0.05, 0) is 18.9 Å². The number of carboxylic acids is 1. The van der Waals surface area contributed by atoms with E-state index in [0.29, 0.717) is 0 Å². The molecule has 0 aromatic heterocycles. The zero-order valence-electron chi connectivity index (χ0n) is 13.1. The number of carbonyl (C=O) groups excluding carboxylic acids is 1. The van der Waals surface area contributed by atoms with Crippen LogP contribution in [0, 0.1) is 0 Å². The minimum Gasteiger partial charge on any atom is -0.508 e. The molecule has 0 spiro atoms. The van der Waals surface area contributed by atoms with E-state index in [1.165, 1.54) is 25.3 Å². The Balaban J connectivity index is 4.12. The fraction of sp³-hybridized carbons (Fsp3) is 0.625. The highest BCUT2D eigenvalue weighted by Crippen LogP contribution is 2.06. The number of hydrogen-bond donors (Lipinski definition) is 4. The number of aliphatic hydroxyl groups excluding tert-OH is 2. The van der Waals surface area contributed by atoms with E-state index in [0.717, 1.165) is 25.3 Å². The fourth-order valence-electron chi connectivity index (χ4n) is 1.85. The molecule has 6 heteroatoms. The van der Waals surface area contributed by atoms with Crippen LogP contribution in [0.4, 0.5) is 0 Å². The molecule has 0 aliphatic heterocycles. The van der Waals surface area contributed by atoms with E-state index in [9.17, 15) is 14.7 Å². The third-order valence-electron chi connectivity index (χ3n) is 3.07. The van der Waals surface area contributed by atoms with Crippen LogP contribution in [0.5, 0.6) is 0 Å². The van der Waals surface area contributed by atoms with Gasteiger partial charge in [0, 0.05) is 19.1 Å². The summed E-state index contributed by atoms with van der Waals surface area (Å²) in [5, 5.41) is 29.3. The molecule has 0 saturated heterocycles.